The molecule has 0 aromatic heterocycles. The van der Waals surface area contributed by atoms with E-state index >= 15 is 0 Å². The van der Waals surface area contributed by atoms with Crippen LogP contribution in [-0.2, 0) is 26.0 Å². The van der Waals surface area contributed by atoms with Crippen molar-refractivity contribution < 1.29 is 18.0 Å². The SMILES string of the molecule is Cc1ccc(N(CC(=O)N(CCc2ccccc2)[C@H](C)C(=O)NC(C)C)S(=O)(=O)c2ccc(C)cc2)cc1. The quantitative estimate of drug-likeness (QED) is 0.392. The van der Waals surface area contributed by atoms with Crippen molar-refractivity contribution in [3.8, 4) is 0 Å². The molecule has 0 saturated heterocycles. The van der Waals surface area contributed by atoms with Crippen molar-refractivity contribution in [1.29, 1.82) is 0 Å². The normalized spacial score (nSPS) is 12.2. The highest BCUT2D eigenvalue weighted by atomic mass is 32.2. The number of rotatable bonds is 11. The zero-order valence-corrected chi connectivity index (χ0v) is 23.5. The first-order chi connectivity index (χ1) is 18.0. The first kappa shape index (κ1) is 28.9. The number of carbonyl (C=O) groups excluding carboxylic acids is 2. The predicted octanol–water partition coefficient (Wildman–Crippen LogP) is 4.48. The van der Waals surface area contributed by atoms with E-state index in [2.05, 4.69) is 5.32 Å². The Balaban J connectivity index is 1.97. The lowest BCUT2D eigenvalue weighted by molar-refractivity contribution is -0.139. The lowest BCUT2D eigenvalue weighted by atomic mass is 10.1. The minimum atomic E-state index is -4.06. The number of nitrogens with one attached hydrogen (secondary N) is 1. The summed E-state index contributed by atoms with van der Waals surface area (Å²) in [6.45, 7) is 9.00. The summed E-state index contributed by atoms with van der Waals surface area (Å²) in [5, 5.41) is 2.86. The molecular formula is C30H37N3O4S. The van der Waals surface area contributed by atoms with E-state index in [-0.39, 0.29) is 23.4 Å². The minimum absolute atomic E-state index is 0.0953. The topological polar surface area (TPSA) is 86.8 Å². The van der Waals surface area contributed by atoms with Crippen LogP contribution in [0.1, 0.15) is 37.5 Å². The number of carbonyl (C=O) groups is 2. The van der Waals surface area contributed by atoms with Gasteiger partial charge in [0, 0.05) is 12.6 Å². The third kappa shape index (κ3) is 7.44. The summed E-state index contributed by atoms with van der Waals surface area (Å²) in [5.41, 5.74) is 3.30. The van der Waals surface area contributed by atoms with Gasteiger partial charge in [0.15, 0.2) is 0 Å². The van der Waals surface area contributed by atoms with Gasteiger partial charge in [-0.3, -0.25) is 13.9 Å². The molecule has 0 unspecified atom stereocenters. The number of amides is 2. The van der Waals surface area contributed by atoms with Crippen LogP contribution in [0.5, 0.6) is 0 Å². The van der Waals surface area contributed by atoms with Crippen molar-refractivity contribution in [3.05, 3.63) is 95.6 Å². The molecule has 7 nitrogen and oxygen atoms in total. The van der Waals surface area contributed by atoms with Gasteiger partial charge < -0.3 is 10.2 Å². The van der Waals surface area contributed by atoms with Crippen molar-refractivity contribution in [1.82, 2.24) is 10.2 Å². The minimum Gasteiger partial charge on any atom is -0.352 e. The largest absolute Gasteiger partial charge is 0.352 e. The maximum Gasteiger partial charge on any atom is 0.264 e. The molecule has 0 heterocycles. The van der Waals surface area contributed by atoms with Crippen LogP contribution in [0.15, 0.2) is 83.8 Å². The molecule has 0 bridgehead atoms. The van der Waals surface area contributed by atoms with Crippen LogP contribution in [0.25, 0.3) is 0 Å². The second-order valence-electron chi connectivity index (χ2n) is 9.82. The van der Waals surface area contributed by atoms with Crippen LogP contribution >= 0.6 is 0 Å². The highest BCUT2D eigenvalue weighted by molar-refractivity contribution is 7.92. The first-order valence-corrected chi connectivity index (χ1v) is 14.2. The van der Waals surface area contributed by atoms with Gasteiger partial charge in [-0.1, -0.05) is 65.7 Å². The lowest BCUT2D eigenvalue weighted by Crippen LogP contribution is -2.53. The number of anilines is 1. The third-order valence-corrected chi connectivity index (χ3v) is 8.08. The Hall–Kier alpha value is -3.65. The third-order valence-electron chi connectivity index (χ3n) is 6.29. The maximum atomic E-state index is 13.8. The van der Waals surface area contributed by atoms with Crippen LogP contribution in [0, 0.1) is 13.8 Å². The van der Waals surface area contributed by atoms with Crippen LogP contribution in [0.4, 0.5) is 5.69 Å². The molecule has 0 aliphatic carbocycles. The Morgan fingerprint density at radius 2 is 1.37 bits per heavy atom. The van der Waals surface area contributed by atoms with Crippen molar-refractivity contribution in [2.24, 2.45) is 0 Å². The molecule has 0 spiro atoms. The average molecular weight is 536 g/mol. The van der Waals surface area contributed by atoms with E-state index < -0.39 is 28.5 Å². The molecule has 2 amide bonds. The first-order valence-electron chi connectivity index (χ1n) is 12.8. The molecule has 8 heteroatoms. The van der Waals surface area contributed by atoms with E-state index in [0.29, 0.717) is 12.1 Å². The average Bonchev–Trinajstić information content (AvgIpc) is 2.88. The van der Waals surface area contributed by atoms with Gasteiger partial charge >= 0.3 is 0 Å². The highest BCUT2D eigenvalue weighted by Crippen LogP contribution is 2.25. The molecule has 0 fully saturated rings. The van der Waals surface area contributed by atoms with E-state index in [0.717, 1.165) is 21.0 Å². The second-order valence-corrected chi connectivity index (χ2v) is 11.7. The van der Waals surface area contributed by atoms with Crippen molar-refractivity contribution in [2.75, 3.05) is 17.4 Å². The molecule has 3 aromatic rings. The fourth-order valence-corrected chi connectivity index (χ4v) is 5.47. The zero-order chi connectivity index (χ0) is 27.9. The summed E-state index contributed by atoms with van der Waals surface area (Å²) in [6.07, 6.45) is 0.529. The highest BCUT2D eigenvalue weighted by Gasteiger charge is 2.32. The summed E-state index contributed by atoms with van der Waals surface area (Å²) in [7, 11) is -4.06. The number of sulfonamides is 1. The molecule has 3 aromatic carbocycles. The fraction of sp³-hybridized carbons (Fsp3) is 0.333. The summed E-state index contributed by atoms with van der Waals surface area (Å²) in [6, 6.07) is 22.3. The van der Waals surface area contributed by atoms with Crippen LogP contribution in [0.2, 0.25) is 0 Å². The molecule has 0 aliphatic heterocycles. The number of hydrogen-bond donors (Lipinski definition) is 1. The summed E-state index contributed by atoms with van der Waals surface area (Å²) in [4.78, 5) is 28.3. The number of benzene rings is 3. The van der Waals surface area contributed by atoms with E-state index in [4.69, 9.17) is 0 Å². The number of nitrogens with zero attached hydrogens (tertiary/aromatic N) is 2. The van der Waals surface area contributed by atoms with Crippen LogP contribution in [0.3, 0.4) is 0 Å². The van der Waals surface area contributed by atoms with E-state index in [9.17, 15) is 18.0 Å². The summed E-state index contributed by atoms with van der Waals surface area (Å²) >= 11 is 0. The van der Waals surface area contributed by atoms with Crippen LogP contribution in [-0.4, -0.2) is 50.3 Å². The van der Waals surface area contributed by atoms with Gasteiger partial charge in [0.1, 0.15) is 12.6 Å². The molecular weight excluding hydrogens is 498 g/mol. The van der Waals surface area contributed by atoms with Gasteiger partial charge in [-0.05, 0) is 70.9 Å². The molecule has 3 rings (SSSR count). The summed E-state index contributed by atoms with van der Waals surface area (Å²) in [5.74, 6) is -0.742. The van der Waals surface area contributed by atoms with Crippen molar-refractivity contribution in [2.45, 2.75) is 58.0 Å². The van der Waals surface area contributed by atoms with Gasteiger partial charge in [0.2, 0.25) is 11.8 Å². The monoisotopic (exact) mass is 535 g/mol. The lowest BCUT2D eigenvalue weighted by Gasteiger charge is -2.32. The van der Waals surface area contributed by atoms with Gasteiger partial charge in [-0.2, -0.15) is 0 Å². The second kappa shape index (κ2) is 12.7. The Morgan fingerprint density at radius 3 is 1.92 bits per heavy atom. The maximum absolute atomic E-state index is 13.8. The van der Waals surface area contributed by atoms with E-state index in [1.165, 1.54) is 4.90 Å². The van der Waals surface area contributed by atoms with Crippen LogP contribution < -0.4 is 9.62 Å². The number of hydrogen-bond acceptors (Lipinski definition) is 4. The molecule has 0 radical (unpaired) electrons. The van der Waals surface area contributed by atoms with Gasteiger partial charge in [-0.15, -0.1) is 0 Å². The van der Waals surface area contributed by atoms with E-state index in [1.807, 2.05) is 70.2 Å². The van der Waals surface area contributed by atoms with Crippen molar-refractivity contribution >= 4 is 27.5 Å². The van der Waals surface area contributed by atoms with Crippen molar-refractivity contribution in [3.63, 3.8) is 0 Å². The molecule has 1 N–H and O–H groups in total. The Bertz CT molecular complexity index is 1320. The molecule has 38 heavy (non-hydrogen) atoms. The molecule has 0 aliphatic rings. The number of aryl methyl sites for hydroxylation is 2. The Kier molecular flexibility index (Phi) is 9.69. The smallest absolute Gasteiger partial charge is 0.264 e. The van der Waals surface area contributed by atoms with Gasteiger partial charge in [-0.25, -0.2) is 8.42 Å². The van der Waals surface area contributed by atoms with Gasteiger partial charge in [0.25, 0.3) is 10.0 Å². The molecule has 1 atom stereocenters. The Morgan fingerprint density at radius 1 is 0.816 bits per heavy atom. The van der Waals surface area contributed by atoms with E-state index in [1.54, 1.807) is 43.3 Å². The standard InChI is InChI=1S/C30H37N3O4S/c1-22(2)31-30(35)25(5)32(20-19-26-9-7-6-8-10-26)29(34)21-33(27-15-11-23(3)12-16-27)38(36,37)28-17-13-24(4)14-18-28/h6-18,22,25H,19-21H2,1-5H3,(H,31,35)/t25-/m1/s1. The fourth-order valence-electron chi connectivity index (χ4n) is 4.05. The molecule has 0 saturated carbocycles. The zero-order valence-electron chi connectivity index (χ0n) is 22.7. The molecule has 202 valence electrons. The predicted molar refractivity (Wildman–Crippen MR) is 151 cm³/mol. The van der Waals surface area contributed by atoms with Gasteiger partial charge in [0.05, 0.1) is 10.6 Å². The summed E-state index contributed by atoms with van der Waals surface area (Å²) < 4.78 is 28.7. The Labute approximate surface area is 226 Å².